The molecule has 0 bridgehead atoms. The minimum atomic E-state index is -0.774. The average molecular weight is 397 g/mol. The van der Waals surface area contributed by atoms with E-state index in [4.69, 9.17) is 9.47 Å². The standard InChI is InChI=1S/C19H15N3O7/c23-16(20-11-4-5-14-15(10-11)29-9-8-28-14)6-7-21-18(24)12-2-1-3-13(22(26)27)17(12)19(21)25/h1-5,10H,6-9H2,(H,20,23). The molecule has 0 radical (unpaired) electrons. The number of anilines is 1. The maximum Gasteiger partial charge on any atom is 0.282 e. The molecular formula is C19H15N3O7. The molecule has 0 saturated heterocycles. The van der Waals surface area contributed by atoms with E-state index in [1.54, 1.807) is 18.2 Å². The first-order valence-electron chi connectivity index (χ1n) is 8.79. The number of nitrogens with zero attached hydrogens (tertiary/aromatic N) is 2. The Morgan fingerprint density at radius 2 is 1.86 bits per heavy atom. The van der Waals surface area contributed by atoms with Gasteiger partial charge < -0.3 is 14.8 Å². The summed E-state index contributed by atoms with van der Waals surface area (Å²) in [6.45, 7) is 0.674. The molecule has 0 unspecified atom stereocenters. The van der Waals surface area contributed by atoms with Crippen molar-refractivity contribution in [2.24, 2.45) is 0 Å². The summed E-state index contributed by atoms with van der Waals surface area (Å²) in [5, 5.41) is 13.8. The fraction of sp³-hybridized carbons (Fsp3) is 0.211. The zero-order valence-electron chi connectivity index (χ0n) is 15.0. The number of nitrogens with one attached hydrogen (secondary N) is 1. The Morgan fingerprint density at radius 1 is 1.10 bits per heavy atom. The van der Waals surface area contributed by atoms with Crippen molar-refractivity contribution in [1.82, 2.24) is 4.90 Å². The normalized spacial score (nSPS) is 14.6. The molecule has 4 rings (SSSR count). The van der Waals surface area contributed by atoms with Gasteiger partial charge in [0.25, 0.3) is 17.5 Å². The number of amides is 3. The number of carbonyl (C=O) groups is 3. The molecule has 0 aromatic heterocycles. The lowest BCUT2D eigenvalue weighted by Crippen LogP contribution is -2.33. The van der Waals surface area contributed by atoms with Crippen LogP contribution in [0.3, 0.4) is 0 Å². The van der Waals surface area contributed by atoms with Gasteiger partial charge in [0.1, 0.15) is 18.8 Å². The second-order valence-electron chi connectivity index (χ2n) is 6.38. The molecule has 0 fully saturated rings. The molecule has 2 aromatic carbocycles. The summed E-state index contributed by atoms with van der Waals surface area (Å²) in [5.74, 6) is -0.749. The van der Waals surface area contributed by atoms with Crippen LogP contribution in [0.25, 0.3) is 0 Å². The van der Waals surface area contributed by atoms with E-state index in [-0.39, 0.29) is 24.1 Å². The summed E-state index contributed by atoms with van der Waals surface area (Å²) in [4.78, 5) is 48.5. The third kappa shape index (κ3) is 3.35. The predicted molar refractivity (Wildman–Crippen MR) is 99.1 cm³/mol. The van der Waals surface area contributed by atoms with Crippen LogP contribution in [0.1, 0.15) is 27.1 Å². The number of carbonyl (C=O) groups excluding carboxylic acids is 3. The molecule has 0 atom stereocenters. The highest BCUT2D eigenvalue weighted by molar-refractivity contribution is 6.23. The molecule has 2 aliphatic heterocycles. The molecule has 148 valence electrons. The zero-order valence-corrected chi connectivity index (χ0v) is 15.0. The number of nitro groups is 1. The first-order valence-corrected chi connectivity index (χ1v) is 8.79. The Labute approximate surface area is 164 Å². The Balaban J connectivity index is 1.42. The molecule has 10 nitrogen and oxygen atoms in total. The van der Waals surface area contributed by atoms with Crippen LogP contribution in [0.2, 0.25) is 0 Å². The van der Waals surface area contributed by atoms with E-state index in [0.29, 0.717) is 30.4 Å². The van der Waals surface area contributed by atoms with E-state index in [2.05, 4.69) is 5.32 Å². The number of hydrogen-bond donors (Lipinski definition) is 1. The topological polar surface area (TPSA) is 128 Å². The highest BCUT2D eigenvalue weighted by Crippen LogP contribution is 2.33. The third-order valence-electron chi connectivity index (χ3n) is 4.56. The van der Waals surface area contributed by atoms with Crippen LogP contribution in [0.5, 0.6) is 11.5 Å². The van der Waals surface area contributed by atoms with Gasteiger partial charge in [0.15, 0.2) is 11.5 Å². The van der Waals surface area contributed by atoms with Crippen LogP contribution >= 0.6 is 0 Å². The van der Waals surface area contributed by atoms with Crippen LogP contribution in [0, 0.1) is 10.1 Å². The molecule has 2 aliphatic rings. The van der Waals surface area contributed by atoms with Crippen molar-refractivity contribution in [2.75, 3.05) is 25.1 Å². The molecule has 2 aromatic rings. The van der Waals surface area contributed by atoms with Crippen LogP contribution in [-0.4, -0.2) is 47.3 Å². The van der Waals surface area contributed by atoms with Gasteiger partial charge in [-0.2, -0.15) is 0 Å². The molecule has 0 saturated carbocycles. The Morgan fingerprint density at radius 3 is 2.62 bits per heavy atom. The summed E-state index contributed by atoms with van der Waals surface area (Å²) < 4.78 is 10.9. The molecular weight excluding hydrogens is 382 g/mol. The molecule has 3 amide bonds. The van der Waals surface area contributed by atoms with Gasteiger partial charge in [0.2, 0.25) is 5.91 Å². The Bertz CT molecular complexity index is 1050. The first-order chi connectivity index (χ1) is 14.0. The smallest absolute Gasteiger partial charge is 0.282 e. The van der Waals surface area contributed by atoms with Crippen LogP contribution < -0.4 is 14.8 Å². The number of hydrogen-bond acceptors (Lipinski definition) is 7. The van der Waals surface area contributed by atoms with Crippen LogP contribution in [0.15, 0.2) is 36.4 Å². The summed E-state index contributed by atoms with van der Waals surface area (Å²) in [6, 6.07) is 8.82. The van der Waals surface area contributed by atoms with E-state index in [9.17, 15) is 24.5 Å². The van der Waals surface area contributed by atoms with Gasteiger partial charge in [-0.25, -0.2) is 0 Å². The molecule has 10 heteroatoms. The maximum absolute atomic E-state index is 12.5. The molecule has 2 heterocycles. The Kier molecular flexibility index (Phi) is 4.59. The summed E-state index contributed by atoms with van der Waals surface area (Å²) in [7, 11) is 0. The summed E-state index contributed by atoms with van der Waals surface area (Å²) in [6.07, 6.45) is -0.159. The molecule has 1 N–H and O–H groups in total. The number of fused-ring (bicyclic) bond motifs is 2. The highest BCUT2D eigenvalue weighted by atomic mass is 16.6. The predicted octanol–water partition coefficient (Wildman–Crippen LogP) is 1.99. The van der Waals surface area contributed by atoms with Crippen molar-refractivity contribution in [3.8, 4) is 11.5 Å². The number of ether oxygens (including phenoxy) is 2. The van der Waals surface area contributed by atoms with Crippen molar-refractivity contribution in [2.45, 2.75) is 6.42 Å². The van der Waals surface area contributed by atoms with E-state index in [1.807, 2.05) is 0 Å². The number of nitro benzene ring substituents is 1. The molecule has 0 spiro atoms. The monoisotopic (exact) mass is 397 g/mol. The molecule has 29 heavy (non-hydrogen) atoms. The first kappa shape index (κ1) is 18.4. The van der Waals surface area contributed by atoms with E-state index in [0.717, 1.165) is 4.90 Å². The van der Waals surface area contributed by atoms with Crippen molar-refractivity contribution in [3.05, 3.63) is 57.6 Å². The van der Waals surface area contributed by atoms with Gasteiger partial charge in [-0.1, -0.05) is 6.07 Å². The van der Waals surface area contributed by atoms with Gasteiger partial charge in [-0.15, -0.1) is 0 Å². The quantitative estimate of drug-likeness (QED) is 0.464. The fourth-order valence-electron chi connectivity index (χ4n) is 3.23. The second kappa shape index (κ2) is 7.23. The van der Waals surface area contributed by atoms with Gasteiger partial charge in [0.05, 0.1) is 10.5 Å². The van der Waals surface area contributed by atoms with Crippen molar-refractivity contribution >= 4 is 29.1 Å². The molecule has 0 aliphatic carbocycles. The number of rotatable bonds is 5. The average Bonchev–Trinajstić information content (AvgIpc) is 2.96. The Hall–Kier alpha value is -3.95. The van der Waals surface area contributed by atoms with Gasteiger partial charge in [0, 0.05) is 30.8 Å². The fourth-order valence-corrected chi connectivity index (χ4v) is 3.23. The van der Waals surface area contributed by atoms with Crippen LogP contribution in [0.4, 0.5) is 11.4 Å². The highest BCUT2D eigenvalue weighted by Gasteiger charge is 2.40. The van der Waals surface area contributed by atoms with Gasteiger partial charge in [-0.3, -0.25) is 29.4 Å². The second-order valence-corrected chi connectivity index (χ2v) is 6.38. The SMILES string of the molecule is O=C(CCN1C(=O)c2cccc([N+](=O)[O-])c2C1=O)Nc1ccc2c(c1)OCCO2. The van der Waals surface area contributed by atoms with Gasteiger partial charge >= 0.3 is 0 Å². The lowest BCUT2D eigenvalue weighted by Gasteiger charge is -2.19. The maximum atomic E-state index is 12.5. The number of imide groups is 1. The third-order valence-corrected chi connectivity index (χ3v) is 4.56. The van der Waals surface area contributed by atoms with Crippen molar-refractivity contribution in [1.29, 1.82) is 0 Å². The zero-order chi connectivity index (χ0) is 20.5. The largest absolute Gasteiger partial charge is 0.486 e. The lowest BCUT2D eigenvalue weighted by molar-refractivity contribution is -0.385. The van der Waals surface area contributed by atoms with Crippen molar-refractivity contribution in [3.63, 3.8) is 0 Å². The van der Waals surface area contributed by atoms with E-state index < -0.39 is 28.3 Å². The summed E-state index contributed by atoms with van der Waals surface area (Å²) in [5.41, 5.74) is -0.215. The minimum absolute atomic E-state index is 0.0311. The summed E-state index contributed by atoms with van der Waals surface area (Å²) >= 11 is 0. The van der Waals surface area contributed by atoms with Crippen LogP contribution in [-0.2, 0) is 4.79 Å². The number of benzene rings is 2. The van der Waals surface area contributed by atoms with Gasteiger partial charge in [-0.05, 0) is 18.2 Å². The van der Waals surface area contributed by atoms with Crippen molar-refractivity contribution < 1.29 is 28.8 Å². The lowest BCUT2D eigenvalue weighted by atomic mass is 10.1. The minimum Gasteiger partial charge on any atom is -0.486 e. The van der Waals surface area contributed by atoms with E-state index in [1.165, 1.54) is 18.2 Å². The van der Waals surface area contributed by atoms with E-state index >= 15 is 0 Å².